The zero-order chi connectivity index (χ0) is 16.9. The number of hydrogen-bond acceptors (Lipinski definition) is 5. The van der Waals surface area contributed by atoms with Crippen molar-refractivity contribution >= 4 is 17.7 Å². The first-order valence-corrected chi connectivity index (χ1v) is 7.33. The van der Waals surface area contributed by atoms with Gasteiger partial charge in [-0.2, -0.15) is 5.10 Å². The van der Waals surface area contributed by atoms with Crippen molar-refractivity contribution in [2.45, 2.75) is 0 Å². The molecule has 0 unspecified atom stereocenters. The fourth-order valence-corrected chi connectivity index (χ4v) is 2.25. The number of anilines is 1. The number of halogens is 1. The van der Waals surface area contributed by atoms with Crippen molar-refractivity contribution in [3.63, 3.8) is 0 Å². The number of nitrogens with zero attached hydrogens (tertiary/aromatic N) is 3. The molecule has 7 heteroatoms. The smallest absolute Gasteiger partial charge is 0.238 e. The quantitative estimate of drug-likeness (QED) is 0.877. The third-order valence-corrected chi connectivity index (χ3v) is 3.38. The molecule has 1 aliphatic rings. The molecule has 0 saturated carbocycles. The number of aromatic nitrogens is 2. The molecule has 1 aromatic carbocycles. The maximum atomic E-state index is 14.1. The normalized spacial score (nSPS) is 17.1. The summed E-state index contributed by atoms with van der Waals surface area (Å²) in [4.78, 5) is 0. The van der Waals surface area contributed by atoms with Crippen LogP contribution in [0.1, 0.15) is 5.56 Å². The van der Waals surface area contributed by atoms with Crippen LogP contribution in [0.25, 0.3) is 6.08 Å². The number of methoxy groups -OCH3 is 1. The zero-order valence-electron chi connectivity index (χ0n) is 13.4. The molecule has 24 heavy (non-hydrogen) atoms. The van der Waals surface area contributed by atoms with Crippen LogP contribution in [0.5, 0.6) is 5.75 Å². The topological polar surface area (TPSA) is 60.7 Å². The minimum atomic E-state index is -0.375. The lowest BCUT2D eigenvalue weighted by atomic mass is 10.1. The molecule has 0 atom stereocenters. The van der Waals surface area contributed by atoms with E-state index >= 15 is 0 Å². The molecule has 0 aliphatic carbocycles. The molecule has 0 radical (unpaired) electrons. The molecule has 0 fully saturated rings. The first-order valence-electron chi connectivity index (χ1n) is 7.33. The molecule has 3 rings (SSSR count). The van der Waals surface area contributed by atoms with E-state index in [9.17, 15) is 4.39 Å². The summed E-state index contributed by atoms with van der Waals surface area (Å²) >= 11 is 0. The van der Waals surface area contributed by atoms with Gasteiger partial charge < -0.3 is 9.47 Å². The Hall–Kier alpha value is -3.09. The molecule has 1 aromatic heterocycles. The van der Waals surface area contributed by atoms with Crippen LogP contribution in [0.3, 0.4) is 0 Å². The monoisotopic (exact) mass is 328 g/mol. The highest BCUT2D eigenvalue weighted by molar-refractivity contribution is 6.02. The van der Waals surface area contributed by atoms with Crippen molar-refractivity contribution in [1.29, 1.82) is 0 Å². The van der Waals surface area contributed by atoms with Gasteiger partial charge in [0.25, 0.3) is 0 Å². The fourth-order valence-electron chi connectivity index (χ4n) is 2.25. The summed E-state index contributed by atoms with van der Waals surface area (Å²) in [7, 11) is 3.32. The standard InChI is InChI=1S/C17H17FN4O2/c1-22-11-13(10-19-22)20-21-17-12(5-4-8-24-17)9-14-15(18)6-3-7-16(14)23-2/h3-7,9-11,20H,8H2,1-2H3. The predicted molar refractivity (Wildman–Crippen MR) is 90.3 cm³/mol. The molecule has 0 amide bonds. The third-order valence-electron chi connectivity index (χ3n) is 3.38. The summed E-state index contributed by atoms with van der Waals surface area (Å²) in [6.45, 7) is 0.402. The van der Waals surface area contributed by atoms with Crippen LogP contribution < -0.4 is 10.2 Å². The van der Waals surface area contributed by atoms with Gasteiger partial charge in [0.2, 0.25) is 5.90 Å². The van der Waals surface area contributed by atoms with Gasteiger partial charge in [-0.15, -0.1) is 5.10 Å². The van der Waals surface area contributed by atoms with E-state index in [1.807, 2.05) is 19.2 Å². The summed E-state index contributed by atoms with van der Waals surface area (Å²) in [5.74, 6) is 0.438. The van der Waals surface area contributed by atoms with E-state index in [2.05, 4.69) is 15.6 Å². The summed E-state index contributed by atoms with van der Waals surface area (Å²) in [5.41, 5.74) is 4.59. The first-order chi connectivity index (χ1) is 11.7. The van der Waals surface area contributed by atoms with Gasteiger partial charge in [-0.25, -0.2) is 4.39 Å². The molecule has 0 spiro atoms. The van der Waals surface area contributed by atoms with Crippen LogP contribution in [0.15, 0.2) is 53.4 Å². The Morgan fingerprint density at radius 3 is 3.08 bits per heavy atom. The van der Waals surface area contributed by atoms with E-state index in [1.165, 1.54) is 13.2 Å². The van der Waals surface area contributed by atoms with Crippen LogP contribution in [0.4, 0.5) is 10.1 Å². The highest BCUT2D eigenvalue weighted by Gasteiger charge is 2.14. The van der Waals surface area contributed by atoms with Gasteiger partial charge in [-0.3, -0.25) is 10.1 Å². The zero-order valence-corrected chi connectivity index (χ0v) is 13.4. The average molecular weight is 328 g/mol. The molecule has 1 aliphatic heterocycles. The molecular weight excluding hydrogens is 311 g/mol. The molecular formula is C17H17FN4O2. The number of nitrogens with one attached hydrogen (secondary N) is 1. The lowest BCUT2D eigenvalue weighted by molar-refractivity contribution is 0.346. The molecule has 0 saturated heterocycles. The third kappa shape index (κ3) is 3.45. The number of rotatable bonds is 4. The van der Waals surface area contributed by atoms with E-state index in [0.717, 1.165) is 5.69 Å². The predicted octanol–water partition coefficient (Wildman–Crippen LogP) is 2.96. The van der Waals surface area contributed by atoms with E-state index in [0.29, 0.717) is 29.4 Å². The largest absolute Gasteiger partial charge is 0.496 e. The Bertz CT molecular complexity index is 824. The van der Waals surface area contributed by atoms with Gasteiger partial charge >= 0.3 is 0 Å². The van der Waals surface area contributed by atoms with Gasteiger partial charge in [0.05, 0.1) is 24.6 Å². The van der Waals surface area contributed by atoms with Crippen LogP contribution in [0, 0.1) is 5.82 Å². The Morgan fingerprint density at radius 1 is 1.46 bits per heavy atom. The van der Waals surface area contributed by atoms with Crippen molar-refractivity contribution in [3.8, 4) is 5.75 Å². The minimum Gasteiger partial charge on any atom is -0.496 e. The minimum absolute atomic E-state index is 0.347. The number of aryl methyl sites for hydroxylation is 1. The summed E-state index contributed by atoms with van der Waals surface area (Å²) < 4.78 is 26.5. The van der Waals surface area contributed by atoms with Crippen LogP contribution in [-0.2, 0) is 11.8 Å². The Morgan fingerprint density at radius 2 is 2.33 bits per heavy atom. The second-order valence-electron chi connectivity index (χ2n) is 5.10. The number of ether oxygens (including phenoxy) is 2. The molecule has 1 N–H and O–H groups in total. The Balaban J connectivity index is 1.92. The summed E-state index contributed by atoms with van der Waals surface area (Å²) in [6.07, 6.45) is 8.74. The molecule has 2 aromatic rings. The lowest BCUT2D eigenvalue weighted by Crippen LogP contribution is -2.14. The first kappa shape index (κ1) is 15.8. The van der Waals surface area contributed by atoms with Crippen LogP contribution in [-0.4, -0.2) is 29.4 Å². The number of hydrogen-bond donors (Lipinski definition) is 1. The molecule has 2 heterocycles. The second kappa shape index (κ2) is 6.99. The highest BCUT2D eigenvalue weighted by Crippen LogP contribution is 2.25. The fraction of sp³-hybridized carbons (Fsp3) is 0.176. The SMILES string of the molecule is COc1cccc(F)c1C=C1C=CCOC1=NNc1cnn(C)c1. The van der Waals surface area contributed by atoms with E-state index in [-0.39, 0.29) is 5.82 Å². The second-order valence-corrected chi connectivity index (χ2v) is 5.10. The van der Waals surface area contributed by atoms with E-state index < -0.39 is 0 Å². The number of hydrazone groups is 1. The highest BCUT2D eigenvalue weighted by atomic mass is 19.1. The molecule has 0 bridgehead atoms. The Kier molecular flexibility index (Phi) is 4.60. The van der Waals surface area contributed by atoms with Gasteiger partial charge in [0.15, 0.2) is 0 Å². The Labute approximate surface area is 138 Å². The number of benzene rings is 1. The van der Waals surface area contributed by atoms with Gasteiger partial charge in [-0.1, -0.05) is 12.1 Å². The average Bonchev–Trinajstić information content (AvgIpc) is 3.01. The van der Waals surface area contributed by atoms with E-state index in [1.54, 1.807) is 35.3 Å². The van der Waals surface area contributed by atoms with Gasteiger partial charge in [-0.05, 0) is 24.3 Å². The summed E-state index contributed by atoms with van der Waals surface area (Å²) in [5, 5.41) is 8.29. The summed E-state index contributed by atoms with van der Waals surface area (Å²) in [6, 6.07) is 4.68. The van der Waals surface area contributed by atoms with E-state index in [4.69, 9.17) is 9.47 Å². The van der Waals surface area contributed by atoms with Crippen molar-refractivity contribution in [2.24, 2.45) is 12.1 Å². The lowest BCUT2D eigenvalue weighted by Gasteiger charge is -2.14. The van der Waals surface area contributed by atoms with Crippen molar-refractivity contribution in [1.82, 2.24) is 9.78 Å². The van der Waals surface area contributed by atoms with Crippen molar-refractivity contribution in [2.75, 3.05) is 19.1 Å². The van der Waals surface area contributed by atoms with Crippen LogP contribution in [0.2, 0.25) is 0 Å². The maximum Gasteiger partial charge on any atom is 0.238 e. The molecule has 6 nitrogen and oxygen atoms in total. The van der Waals surface area contributed by atoms with Crippen molar-refractivity contribution < 1.29 is 13.9 Å². The maximum absolute atomic E-state index is 14.1. The van der Waals surface area contributed by atoms with Gasteiger partial charge in [0, 0.05) is 18.8 Å². The van der Waals surface area contributed by atoms with Crippen LogP contribution >= 0.6 is 0 Å². The molecule has 124 valence electrons. The van der Waals surface area contributed by atoms with Gasteiger partial charge in [0.1, 0.15) is 18.2 Å². The van der Waals surface area contributed by atoms with Crippen molar-refractivity contribution in [3.05, 3.63) is 59.7 Å².